The Morgan fingerprint density at radius 2 is 1.95 bits per heavy atom. The van der Waals surface area contributed by atoms with E-state index >= 15 is 0 Å². The van der Waals surface area contributed by atoms with Crippen molar-refractivity contribution in [3.63, 3.8) is 0 Å². The van der Waals surface area contributed by atoms with Crippen molar-refractivity contribution in [2.75, 3.05) is 19.6 Å². The van der Waals surface area contributed by atoms with Crippen LogP contribution >= 0.6 is 0 Å². The molecule has 4 nitrogen and oxygen atoms in total. The second-order valence-electron chi connectivity index (χ2n) is 5.92. The number of likely N-dealkylation sites (tertiary alicyclic amines) is 2. The summed E-state index contributed by atoms with van der Waals surface area (Å²) in [5.41, 5.74) is 1.33. The monoisotopic (exact) mass is 274 g/mol. The standard InChI is InChI=1S/C16H22N2O2/c19-16(20)15-8-4-5-9-18(15)14-11-17(12-14)10-13-6-2-1-3-7-13/h1-3,6-7,14-15H,4-5,8-12H2,(H,19,20)/t15-/m1/s1. The van der Waals surface area contributed by atoms with Crippen LogP contribution in [0.1, 0.15) is 24.8 Å². The summed E-state index contributed by atoms with van der Waals surface area (Å²) in [5, 5.41) is 9.32. The third-order valence-corrected chi connectivity index (χ3v) is 4.49. The molecule has 0 radical (unpaired) electrons. The van der Waals surface area contributed by atoms with Gasteiger partial charge in [0.05, 0.1) is 0 Å². The highest BCUT2D eigenvalue weighted by molar-refractivity contribution is 5.73. The van der Waals surface area contributed by atoms with E-state index in [9.17, 15) is 9.90 Å². The summed E-state index contributed by atoms with van der Waals surface area (Å²) >= 11 is 0. The molecule has 4 heteroatoms. The van der Waals surface area contributed by atoms with Crippen LogP contribution in [0.25, 0.3) is 0 Å². The Morgan fingerprint density at radius 1 is 1.20 bits per heavy atom. The molecule has 0 spiro atoms. The number of hydrogen-bond donors (Lipinski definition) is 1. The molecule has 0 saturated carbocycles. The molecule has 0 amide bonds. The van der Waals surface area contributed by atoms with Gasteiger partial charge in [-0.05, 0) is 24.9 Å². The van der Waals surface area contributed by atoms with Crippen molar-refractivity contribution in [1.29, 1.82) is 0 Å². The van der Waals surface area contributed by atoms with E-state index in [1.54, 1.807) is 0 Å². The molecular weight excluding hydrogens is 252 g/mol. The summed E-state index contributed by atoms with van der Waals surface area (Å²) in [5.74, 6) is -0.647. The highest BCUT2D eigenvalue weighted by Gasteiger charge is 2.39. The van der Waals surface area contributed by atoms with Crippen molar-refractivity contribution in [2.45, 2.75) is 37.9 Å². The first-order valence-corrected chi connectivity index (χ1v) is 7.49. The van der Waals surface area contributed by atoms with Gasteiger partial charge in [-0.25, -0.2) is 0 Å². The van der Waals surface area contributed by atoms with Crippen LogP contribution in [-0.4, -0.2) is 52.6 Å². The molecule has 20 heavy (non-hydrogen) atoms. The second-order valence-corrected chi connectivity index (χ2v) is 5.92. The van der Waals surface area contributed by atoms with Crippen molar-refractivity contribution in [1.82, 2.24) is 9.80 Å². The maximum Gasteiger partial charge on any atom is 0.320 e. The third kappa shape index (κ3) is 2.86. The zero-order valence-electron chi connectivity index (χ0n) is 11.7. The SMILES string of the molecule is O=C(O)[C@H]1CCCCN1C1CN(Cc2ccccc2)C1. The van der Waals surface area contributed by atoms with E-state index in [0.29, 0.717) is 6.04 Å². The maximum absolute atomic E-state index is 11.3. The Hall–Kier alpha value is -1.39. The summed E-state index contributed by atoms with van der Waals surface area (Å²) in [4.78, 5) is 15.9. The van der Waals surface area contributed by atoms with Crippen molar-refractivity contribution in [3.05, 3.63) is 35.9 Å². The van der Waals surface area contributed by atoms with Crippen molar-refractivity contribution >= 4 is 5.97 Å². The summed E-state index contributed by atoms with van der Waals surface area (Å²) in [6.45, 7) is 3.92. The minimum Gasteiger partial charge on any atom is -0.480 e. The highest BCUT2D eigenvalue weighted by atomic mass is 16.4. The van der Waals surface area contributed by atoms with Crippen molar-refractivity contribution in [3.8, 4) is 0 Å². The molecule has 2 saturated heterocycles. The Labute approximate surface area is 120 Å². The molecule has 1 atom stereocenters. The minimum atomic E-state index is -0.647. The van der Waals surface area contributed by atoms with Crippen molar-refractivity contribution < 1.29 is 9.90 Å². The predicted molar refractivity (Wildman–Crippen MR) is 77.5 cm³/mol. The number of carboxylic acid groups (broad SMARTS) is 1. The van der Waals surface area contributed by atoms with Gasteiger partial charge >= 0.3 is 5.97 Å². The van der Waals surface area contributed by atoms with Crippen LogP contribution in [-0.2, 0) is 11.3 Å². The molecule has 1 N–H and O–H groups in total. The van der Waals surface area contributed by atoms with Gasteiger partial charge in [0.1, 0.15) is 6.04 Å². The zero-order chi connectivity index (χ0) is 13.9. The van der Waals surface area contributed by atoms with E-state index in [0.717, 1.165) is 45.4 Å². The van der Waals surface area contributed by atoms with Crippen LogP contribution in [0.5, 0.6) is 0 Å². The van der Waals surface area contributed by atoms with Gasteiger partial charge in [-0.2, -0.15) is 0 Å². The van der Waals surface area contributed by atoms with Crippen LogP contribution in [0.2, 0.25) is 0 Å². The molecule has 0 bridgehead atoms. The van der Waals surface area contributed by atoms with Gasteiger partial charge in [0.2, 0.25) is 0 Å². The molecule has 1 aromatic rings. The lowest BCUT2D eigenvalue weighted by Crippen LogP contribution is -2.63. The van der Waals surface area contributed by atoms with Crippen LogP contribution in [0.15, 0.2) is 30.3 Å². The van der Waals surface area contributed by atoms with Gasteiger partial charge < -0.3 is 5.11 Å². The van der Waals surface area contributed by atoms with Gasteiger partial charge in [-0.15, -0.1) is 0 Å². The second kappa shape index (κ2) is 5.94. The molecule has 0 unspecified atom stereocenters. The average molecular weight is 274 g/mol. The third-order valence-electron chi connectivity index (χ3n) is 4.49. The van der Waals surface area contributed by atoms with Crippen LogP contribution < -0.4 is 0 Å². The smallest absolute Gasteiger partial charge is 0.320 e. The quantitative estimate of drug-likeness (QED) is 0.909. The number of carbonyl (C=O) groups is 1. The molecule has 0 aliphatic carbocycles. The Morgan fingerprint density at radius 3 is 2.65 bits per heavy atom. The normalized spacial score (nSPS) is 25.3. The number of rotatable bonds is 4. The number of hydrogen-bond acceptors (Lipinski definition) is 3. The number of nitrogens with zero attached hydrogens (tertiary/aromatic N) is 2. The Balaban J connectivity index is 1.53. The lowest BCUT2D eigenvalue weighted by atomic mass is 9.96. The zero-order valence-corrected chi connectivity index (χ0v) is 11.7. The molecule has 108 valence electrons. The number of aliphatic carboxylic acids is 1. The van der Waals surface area contributed by atoms with Gasteiger partial charge in [-0.3, -0.25) is 14.6 Å². The Kier molecular flexibility index (Phi) is 4.03. The minimum absolute atomic E-state index is 0.257. The van der Waals surface area contributed by atoms with Gasteiger partial charge in [-0.1, -0.05) is 36.8 Å². The largest absolute Gasteiger partial charge is 0.480 e. The Bertz CT molecular complexity index is 457. The number of piperidine rings is 1. The first kappa shape index (κ1) is 13.6. The van der Waals surface area contributed by atoms with Gasteiger partial charge in [0.15, 0.2) is 0 Å². The molecule has 2 aliphatic rings. The van der Waals surface area contributed by atoms with E-state index in [4.69, 9.17) is 0 Å². The topological polar surface area (TPSA) is 43.8 Å². The molecule has 1 aromatic carbocycles. The number of benzene rings is 1. The molecular formula is C16H22N2O2. The van der Waals surface area contributed by atoms with E-state index in [2.05, 4.69) is 34.1 Å². The summed E-state index contributed by atoms with van der Waals surface area (Å²) < 4.78 is 0. The molecule has 3 rings (SSSR count). The van der Waals surface area contributed by atoms with E-state index in [1.807, 2.05) is 6.07 Å². The van der Waals surface area contributed by atoms with E-state index in [-0.39, 0.29) is 6.04 Å². The first-order valence-electron chi connectivity index (χ1n) is 7.49. The first-order chi connectivity index (χ1) is 9.74. The summed E-state index contributed by atoms with van der Waals surface area (Å²) in [7, 11) is 0. The fourth-order valence-electron chi connectivity index (χ4n) is 3.38. The maximum atomic E-state index is 11.3. The van der Waals surface area contributed by atoms with Gasteiger partial charge in [0, 0.05) is 25.7 Å². The van der Waals surface area contributed by atoms with Crippen LogP contribution in [0, 0.1) is 0 Å². The highest BCUT2D eigenvalue weighted by Crippen LogP contribution is 2.25. The lowest BCUT2D eigenvalue weighted by Gasteiger charge is -2.48. The van der Waals surface area contributed by atoms with E-state index in [1.165, 1.54) is 5.56 Å². The molecule has 2 fully saturated rings. The average Bonchev–Trinajstić information content (AvgIpc) is 2.43. The number of carboxylic acids is 1. The fourth-order valence-corrected chi connectivity index (χ4v) is 3.38. The summed E-state index contributed by atoms with van der Waals surface area (Å²) in [6.07, 6.45) is 3.00. The van der Waals surface area contributed by atoms with Crippen molar-refractivity contribution in [2.24, 2.45) is 0 Å². The molecule has 0 aromatic heterocycles. The fraction of sp³-hybridized carbons (Fsp3) is 0.562. The van der Waals surface area contributed by atoms with Crippen LogP contribution in [0.4, 0.5) is 0 Å². The van der Waals surface area contributed by atoms with Crippen LogP contribution in [0.3, 0.4) is 0 Å². The predicted octanol–water partition coefficient (Wildman–Crippen LogP) is 1.81. The molecule has 2 aliphatic heterocycles. The van der Waals surface area contributed by atoms with E-state index < -0.39 is 5.97 Å². The summed E-state index contributed by atoms with van der Waals surface area (Å²) in [6, 6.07) is 10.6. The molecule has 2 heterocycles. The van der Waals surface area contributed by atoms with Gasteiger partial charge in [0.25, 0.3) is 0 Å². The lowest BCUT2D eigenvalue weighted by molar-refractivity contribution is -0.148.